The Kier molecular flexibility index (Phi) is 5.32. The summed E-state index contributed by atoms with van der Waals surface area (Å²) < 4.78 is 0. The fourth-order valence-electron chi connectivity index (χ4n) is 3.55. The Morgan fingerprint density at radius 1 is 1.03 bits per heavy atom. The van der Waals surface area contributed by atoms with Gasteiger partial charge in [-0.1, -0.05) is 48.5 Å². The number of aromatic nitrogens is 1. The summed E-state index contributed by atoms with van der Waals surface area (Å²) in [5.74, 6) is -0.866. The fraction of sp³-hybridized carbons (Fsp3) is 0.0833. The molecular formula is C24H21N4O2. The molecule has 1 heterocycles. The van der Waals surface area contributed by atoms with Crippen molar-refractivity contribution in [2.24, 2.45) is 11.5 Å². The lowest BCUT2D eigenvalue weighted by molar-refractivity contribution is -0.117. The van der Waals surface area contributed by atoms with E-state index in [9.17, 15) is 9.59 Å². The Hall–Kier alpha value is -3.90. The lowest BCUT2D eigenvalue weighted by atomic mass is 9.97. The van der Waals surface area contributed by atoms with Gasteiger partial charge in [0.15, 0.2) is 0 Å². The molecule has 1 unspecified atom stereocenters. The first-order chi connectivity index (χ1) is 14.5. The SMILES string of the molecule is NC(=O)c1c[c]ccc1-c1ccccc1NC(=O)C(N)Cc1c[nH]c2ccccc12. The number of hydrogen-bond donors (Lipinski definition) is 4. The van der Waals surface area contributed by atoms with Crippen molar-refractivity contribution in [3.05, 3.63) is 90.1 Å². The van der Waals surface area contributed by atoms with Crippen LogP contribution >= 0.6 is 0 Å². The molecule has 6 heteroatoms. The number of primary amides is 1. The summed E-state index contributed by atoms with van der Waals surface area (Å²) >= 11 is 0. The van der Waals surface area contributed by atoms with E-state index < -0.39 is 11.9 Å². The average Bonchev–Trinajstić information content (AvgIpc) is 3.17. The zero-order valence-electron chi connectivity index (χ0n) is 16.2. The predicted octanol–water partition coefficient (Wildman–Crippen LogP) is 3.24. The number of nitrogens with one attached hydrogen (secondary N) is 2. The Labute approximate surface area is 173 Å². The Morgan fingerprint density at radius 3 is 2.63 bits per heavy atom. The molecule has 0 fully saturated rings. The van der Waals surface area contributed by atoms with Crippen molar-refractivity contribution in [1.29, 1.82) is 0 Å². The molecule has 4 aromatic rings. The van der Waals surface area contributed by atoms with Crippen molar-refractivity contribution >= 4 is 28.4 Å². The number of fused-ring (bicyclic) bond motifs is 1. The maximum Gasteiger partial charge on any atom is 0.249 e. The first kappa shape index (κ1) is 19.4. The van der Waals surface area contributed by atoms with E-state index in [0.29, 0.717) is 28.8 Å². The van der Waals surface area contributed by atoms with Crippen LogP contribution in [0, 0.1) is 6.07 Å². The molecule has 3 aromatic carbocycles. The van der Waals surface area contributed by atoms with E-state index >= 15 is 0 Å². The van der Waals surface area contributed by atoms with Crippen LogP contribution in [-0.4, -0.2) is 22.8 Å². The van der Waals surface area contributed by atoms with Crippen LogP contribution in [0.5, 0.6) is 0 Å². The summed E-state index contributed by atoms with van der Waals surface area (Å²) in [6.45, 7) is 0. The molecule has 0 aliphatic heterocycles. The highest BCUT2D eigenvalue weighted by Gasteiger charge is 2.19. The molecule has 149 valence electrons. The second-order valence-electron chi connectivity index (χ2n) is 7.04. The van der Waals surface area contributed by atoms with Gasteiger partial charge in [0.1, 0.15) is 0 Å². The van der Waals surface area contributed by atoms with Crippen LogP contribution in [0.4, 0.5) is 5.69 Å². The fourth-order valence-corrected chi connectivity index (χ4v) is 3.55. The molecule has 0 bridgehead atoms. The Morgan fingerprint density at radius 2 is 1.80 bits per heavy atom. The molecule has 0 spiro atoms. The first-order valence-corrected chi connectivity index (χ1v) is 9.55. The van der Waals surface area contributed by atoms with Crippen molar-refractivity contribution in [3.8, 4) is 11.1 Å². The molecule has 0 aliphatic rings. The lowest BCUT2D eigenvalue weighted by Crippen LogP contribution is -2.37. The van der Waals surface area contributed by atoms with E-state index in [2.05, 4.69) is 16.4 Å². The van der Waals surface area contributed by atoms with Gasteiger partial charge >= 0.3 is 0 Å². The smallest absolute Gasteiger partial charge is 0.249 e. The minimum atomic E-state index is -0.739. The number of para-hydroxylation sites is 2. The van der Waals surface area contributed by atoms with Gasteiger partial charge in [-0.3, -0.25) is 9.59 Å². The molecule has 1 radical (unpaired) electrons. The average molecular weight is 397 g/mol. The van der Waals surface area contributed by atoms with Crippen molar-refractivity contribution in [2.75, 3.05) is 5.32 Å². The molecule has 2 amide bonds. The number of carbonyl (C=O) groups excluding carboxylic acids is 2. The van der Waals surface area contributed by atoms with Crippen LogP contribution in [0.1, 0.15) is 15.9 Å². The largest absolute Gasteiger partial charge is 0.366 e. The van der Waals surface area contributed by atoms with Gasteiger partial charge in [-0.25, -0.2) is 0 Å². The number of anilines is 1. The van der Waals surface area contributed by atoms with E-state index in [0.717, 1.165) is 16.5 Å². The minimum Gasteiger partial charge on any atom is -0.366 e. The molecule has 30 heavy (non-hydrogen) atoms. The molecule has 1 atom stereocenters. The van der Waals surface area contributed by atoms with Crippen molar-refractivity contribution in [1.82, 2.24) is 4.98 Å². The molecular weight excluding hydrogens is 376 g/mol. The first-order valence-electron chi connectivity index (χ1n) is 9.55. The predicted molar refractivity (Wildman–Crippen MR) is 118 cm³/mol. The number of rotatable bonds is 6. The highest BCUT2D eigenvalue weighted by Crippen LogP contribution is 2.30. The molecule has 0 saturated heterocycles. The summed E-state index contributed by atoms with van der Waals surface area (Å²) in [5, 5.41) is 3.95. The van der Waals surface area contributed by atoms with Gasteiger partial charge in [0.2, 0.25) is 11.8 Å². The van der Waals surface area contributed by atoms with Crippen LogP contribution in [0.15, 0.2) is 72.9 Å². The lowest BCUT2D eigenvalue weighted by Gasteiger charge is -2.16. The van der Waals surface area contributed by atoms with Gasteiger partial charge < -0.3 is 21.8 Å². The molecule has 0 saturated carbocycles. The van der Waals surface area contributed by atoms with Gasteiger partial charge in [0.25, 0.3) is 0 Å². The summed E-state index contributed by atoms with van der Waals surface area (Å²) in [6, 6.07) is 22.2. The van der Waals surface area contributed by atoms with Gasteiger partial charge in [-0.15, -0.1) is 0 Å². The molecule has 0 aliphatic carbocycles. The number of aromatic amines is 1. The monoisotopic (exact) mass is 397 g/mol. The highest BCUT2D eigenvalue weighted by atomic mass is 16.2. The molecule has 4 rings (SSSR count). The maximum absolute atomic E-state index is 12.8. The van der Waals surface area contributed by atoms with Crippen molar-refractivity contribution < 1.29 is 9.59 Å². The summed E-state index contributed by atoms with van der Waals surface area (Å²) in [5.41, 5.74) is 15.9. The Bertz CT molecular complexity index is 1230. The zero-order chi connectivity index (χ0) is 21.1. The second kappa shape index (κ2) is 8.23. The van der Waals surface area contributed by atoms with Crippen molar-refractivity contribution in [3.63, 3.8) is 0 Å². The van der Waals surface area contributed by atoms with E-state index in [1.54, 1.807) is 24.3 Å². The van der Waals surface area contributed by atoms with Crippen LogP contribution in [0.2, 0.25) is 0 Å². The number of H-pyrrole nitrogens is 1. The van der Waals surface area contributed by atoms with Crippen LogP contribution < -0.4 is 16.8 Å². The van der Waals surface area contributed by atoms with Crippen LogP contribution in [0.3, 0.4) is 0 Å². The van der Waals surface area contributed by atoms with Gasteiger partial charge in [-0.2, -0.15) is 0 Å². The zero-order valence-corrected chi connectivity index (χ0v) is 16.2. The molecule has 6 nitrogen and oxygen atoms in total. The number of amides is 2. The van der Waals surface area contributed by atoms with E-state index in [1.165, 1.54) is 0 Å². The third kappa shape index (κ3) is 3.81. The van der Waals surface area contributed by atoms with Gasteiger partial charge in [0.05, 0.1) is 6.04 Å². The van der Waals surface area contributed by atoms with Crippen LogP contribution in [0.25, 0.3) is 22.0 Å². The number of nitrogens with two attached hydrogens (primary N) is 2. The summed E-state index contributed by atoms with van der Waals surface area (Å²) in [7, 11) is 0. The molecule has 6 N–H and O–H groups in total. The number of hydrogen-bond acceptors (Lipinski definition) is 3. The van der Waals surface area contributed by atoms with E-state index in [-0.39, 0.29) is 5.91 Å². The number of carbonyl (C=O) groups is 2. The van der Waals surface area contributed by atoms with E-state index in [4.69, 9.17) is 11.5 Å². The van der Waals surface area contributed by atoms with E-state index in [1.807, 2.05) is 48.7 Å². The standard InChI is InChI=1S/C24H21N4O2/c25-20(13-15-14-27-21-11-5-3-7-16(15)21)24(30)28-22-12-6-4-9-18(22)17-8-1-2-10-19(17)23(26)29/h1,3-12,14,20,27H,13,25H2,(H2,26,29)(H,28,30). The van der Waals surface area contributed by atoms with Gasteiger partial charge in [0, 0.05) is 33.9 Å². The highest BCUT2D eigenvalue weighted by molar-refractivity contribution is 6.04. The normalized spacial score (nSPS) is 11.9. The van der Waals surface area contributed by atoms with Gasteiger partial charge in [-0.05, 0) is 41.8 Å². The van der Waals surface area contributed by atoms with Crippen LogP contribution in [-0.2, 0) is 11.2 Å². The number of benzene rings is 3. The summed E-state index contributed by atoms with van der Waals surface area (Å²) in [4.78, 5) is 27.8. The Balaban J connectivity index is 1.58. The quantitative estimate of drug-likeness (QED) is 0.400. The van der Waals surface area contributed by atoms with Crippen molar-refractivity contribution in [2.45, 2.75) is 12.5 Å². The summed E-state index contributed by atoms with van der Waals surface area (Å²) in [6.07, 6.45) is 2.27. The topological polar surface area (TPSA) is 114 Å². The third-order valence-corrected chi connectivity index (χ3v) is 5.06. The third-order valence-electron chi connectivity index (χ3n) is 5.06. The maximum atomic E-state index is 12.8. The second-order valence-corrected chi connectivity index (χ2v) is 7.04. The molecule has 1 aromatic heterocycles. The minimum absolute atomic E-state index is 0.309.